The number of hydrogen-bond donors (Lipinski definition) is 0. The van der Waals surface area contributed by atoms with Gasteiger partial charge in [-0.25, -0.2) is 0 Å². The number of ketones is 1. The molecule has 0 saturated heterocycles. The molecule has 13 heavy (non-hydrogen) atoms. The second-order valence-electron chi connectivity index (χ2n) is 2.27. The Morgan fingerprint density at radius 1 is 1.62 bits per heavy atom. The first-order chi connectivity index (χ1) is 6.15. The average molecular weight is 263 g/mol. The van der Waals surface area contributed by atoms with Crippen LogP contribution in [-0.2, 0) is 9.53 Å². The van der Waals surface area contributed by atoms with Gasteiger partial charge in [0.2, 0.25) is 0 Å². The van der Waals surface area contributed by atoms with Gasteiger partial charge in [0, 0.05) is 4.47 Å². The third kappa shape index (κ3) is 2.63. The van der Waals surface area contributed by atoms with Gasteiger partial charge in [0.05, 0.1) is 12.0 Å². The molecule has 0 bridgehead atoms. The highest BCUT2D eigenvalue weighted by molar-refractivity contribution is 9.10. The smallest absolute Gasteiger partial charge is 0.313 e. The molecule has 0 N–H and O–H groups in total. The maximum Gasteiger partial charge on any atom is 0.313 e. The number of hydrogen-bond acceptors (Lipinski definition) is 4. The van der Waals surface area contributed by atoms with Crippen LogP contribution < -0.4 is 0 Å². The van der Waals surface area contributed by atoms with Crippen LogP contribution in [0.15, 0.2) is 15.9 Å². The SMILES string of the molecule is COC(=O)CC(=O)c1sccc1Br. The highest BCUT2D eigenvalue weighted by atomic mass is 79.9. The highest BCUT2D eigenvalue weighted by Gasteiger charge is 2.15. The van der Waals surface area contributed by atoms with Crippen LogP contribution in [0.3, 0.4) is 0 Å². The Kier molecular flexibility index (Phi) is 3.62. The number of esters is 1. The summed E-state index contributed by atoms with van der Waals surface area (Å²) in [5.41, 5.74) is 0. The Hall–Kier alpha value is -0.680. The zero-order chi connectivity index (χ0) is 9.84. The monoisotopic (exact) mass is 262 g/mol. The van der Waals surface area contributed by atoms with Crippen LogP contribution in [-0.4, -0.2) is 18.9 Å². The van der Waals surface area contributed by atoms with Crippen molar-refractivity contribution in [2.75, 3.05) is 7.11 Å². The number of carbonyl (C=O) groups excluding carboxylic acids is 2. The van der Waals surface area contributed by atoms with Gasteiger partial charge in [0.15, 0.2) is 5.78 Å². The van der Waals surface area contributed by atoms with Crippen LogP contribution in [0.1, 0.15) is 16.1 Å². The lowest BCUT2D eigenvalue weighted by molar-refractivity contribution is -0.139. The zero-order valence-electron chi connectivity index (χ0n) is 6.87. The number of thiophene rings is 1. The molecule has 0 fully saturated rings. The molecule has 0 atom stereocenters. The molecule has 1 heterocycles. The van der Waals surface area contributed by atoms with Gasteiger partial charge in [-0.15, -0.1) is 11.3 Å². The van der Waals surface area contributed by atoms with Crippen molar-refractivity contribution in [3.8, 4) is 0 Å². The molecule has 0 aliphatic carbocycles. The topological polar surface area (TPSA) is 43.4 Å². The summed E-state index contributed by atoms with van der Waals surface area (Å²) < 4.78 is 5.12. The summed E-state index contributed by atoms with van der Waals surface area (Å²) in [5.74, 6) is -0.723. The van der Waals surface area contributed by atoms with Gasteiger partial charge in [-0.2, -0.15) is 0 Å². The quantitative estimate of drug-likeness (QED) is 0.477. The molecule has 0 radical (unpaired) electrons. The van der Waals surface area contributed by atoms with Gasteiger partial charge >= 0.3 is 5.97 Å². The van der Waals surface area contributed by atoms with Crippen LogP contribution in [0.5, 0.6) is 0 Å². The summed E-state index contributed by atoms with van der Waals surface area (Å²) >= 11 is 4.52. The minimum Gasteiger partial charge on any atom is -0.469 e. The maximum atomic E-state index is 11.4. The van der Waals surface area contributed by atoms with E-state index in [0.29, 0.717) is 4.88 Å². The van der Waals surface area contributed by atoms with E-state index in [9.17, 15) is 9.59 Å². The summed E-state index contributed by atoms with van der Waals surface area (Å²) in [7, 11) is 1.26. The summed E-state index contributed by atoms with van der Waals surface area (Å²) in [4.78, 5) is 22.7. The van der Waals surface area contributed by atoms with Crippen molar-refractivity contribution in [2.45, 2.75) is 6.42 Å². The fraction of sp³-hybridized carbons (Fsp3) is 0.250. The lowest BCUT2D eigenvalue weighted by atomic mass is 10.2. The minimum atomic E-state index is -0.509. The van der Waals surface area contributed by atoms with Gasteiger partial charge in [0.25, 0.3) is 0 Å². The number of halogens is 1. The minimum absolute atomic E-state index is 0.199. The van der Waals surface area contributed by atoms with Crippen LogP contribution in [0.4, 0.5) is 0 Å². The first-order valence-corrected chi connectivity index (χ1v) is 5.15. The van der Waals surface area contributed by atoms with Gasteiger partial charge < -0.3 is 4.74 Å². The number of rotatable bonds is 3. The third-order valence-corrected chi connectivity index (χ3v) is 3.28. The van der Waals surface area contributed by atoms with Crippen LogP contribution in [0.25, 0.3) is 0 Å². The molecule has 1 aromatic heterocycles. The summed E-state index contributed by atoms with van der Waals surface area (Å²) in [5, 5.41) is 1.79. The zero-order valence-corrected chi connectivity index (χ0v) is 9.28. The second-order valence-corrected chi connectivity index (χ2v) is 4.04. The number of methoxy groups -OCH3 is 1. The maximum absolute atomic E-state index is 11.4. The Morgan fingerprint density at radius 2 is 2.31 bits per heavy atom. The number of ether oxygens (including phenoxy) is 1. The fourth-order valence-electron chi connectivity index (χ4n) is 0.776. The van der Waals surface area contributed by atoms with E-state index in [1.165, 1.54) is 18.4 Å². The predicted molar refractivity (Wildman–Crippen MR) is 53.0 cm³/mol. The lowest BCUT2D eigenvalue weighted by Crippen LogP contribution is -2.08. The first-order valence-electron chi connectivity index (χ1n) is 3.48. The molecule has 0 aliphatic rings. The van der Waals surface area contributed by atoms with E-state index >= 15 is 0 Å². The molecule has 1 rings (SSSR count). The number of Topliss-reactive ketones (excluding diaryl/α,β-unsaturated/α-hetero) is 1. The molecule has 70 valence electrons. The lowest BCUT2D eigenvalue weighted by Gasteiger charge is -1.96. The normalized spacial score (nSPS) is 9.69. The Bertz CT molecular complexity index is 332. The first kappa shape index (κ1) is 10.4. The molecule has 0 saturated carbocycles. The van der Waals surface area contributed by atoms with E-state index in [-0.39, 0.29) is 12.2 Å². The average Bonchev–Trinajstić information content (AvgIpc) is 2.51. The van der Waals surface area contributed by atoms with Gasteiger partial charge in [-0.3, -0.25) is 9.59 Å². The van der Waals surface area contributed by atoms with E-state index < -0.39 is 5.97 Å². The summed E-state index contributed by atoms with van der Waals surface area (Å²) in [6.07, 6.45) is -0.199. The molecule has 3 nitrogen and oxygen atoms in total. The molecule has 0 aliphatic heterocycles. The van der Waals surface area contributed by atoms with Crippen molar-refractivity contribution in [3.05, 3.63) is 20.8 Å². The van der Waals surface area contributed by atoms with E-state index in [1.54, 1.807) is 11.4 Å². The van der Waals surface area contributed by atoms with Crippen LogP contribution in [0.2, 0.25) is 0 Å². The van der Waals surface area contributed by atoms with Crippen molar-refractivity contribution in [3.63, 3.8) is 0 Å². The van der Waals surface area contributed by atoms with Crippen molar-refractivity contribution >= 4 is 39.0 Å². The van der Waals surface area contributed by atoms with Crippen molar-refractivity contribution in [1.82, 2.24) is 0 Å². The van der Waals surface area contributed by atoms with Crippen molar-refractivity contribution in [1.29, 1.82) is 0 Å². The second kappa shape index (κ2) is 4.53. The molecule has 0 unspecified atom stereocenters. The Balaban J connectivity index is 2.69. The van der Waals surface area contributed by atoms with Crippen molar-refractivity contribution < 1.29 is 14.3 Å². The highest BCUT2D eigenvalue weighted by Crippen LogP contribution is 2.23. The molecular formula is C8H7BrO3S. The molecule has 1 aromatic rings. The predicted octanol–water partition coefficient (Wildman–Crippen LogP) is 2.26. The Morgan fingerprint density at radius 3 is 2.77 bits per heavy atom. The third-order valence-electron chi connectivity index (χ3n) is 1.40. The van der Waals surface area contributed by atoms with Gasteiger partial charge in [-0.1, -0.05) is 0 Å². The summed E-state index contributed by atoms with van der Waals surface area (Å²) in [6.45, 7) is 0. The molecular weight excluding hydrogens is 256 g/mol. The van der Waals surface area contributed by atoms with E-state index in [2.05, 4.69) is 20.7 Å². The van der Waals surface area contributed by atoms with Crippen molar-refractivity contribution in [2.24, 2.45) is 0 Å². The van der Waals surface area contributed by atoms with Gasteiger partial charge in [-0.05, 0) is 27.4 Å². The molecule has 0 amide bonds. The Labute approximate surface area is 87.8 Å². The number of carbonyl (C=O) groups is 2. The molecule has 0 aromatic carbocycles. The van der Waals surface area contributed by atoms with Crippen LogP contribution >= 0.6 is 27.3 Å². The molecule has 5 heteroatoms. The van der Waals surface area contributed by atoms with Gasteiger partial charge in [0.1, 0.15) is 6.42 Å². The molecule has 0 spiro atoms. The van der Waals surface area contributed by atoms with Crippen LogP contribution in [0, 0.1) is 0 Å². The standard InChI is InChI=1S/C8H7BrO3S/c1-12-7(11)4-6(10)8-5(9)2-3-13-8/h2-3H,4H2,1H3. The van der Waals surface area contributed by atoms with E-state index in [0.717, 1.165) is 4.47 Å². The van der Waals surface area contributed by atoms with E-state index in [1.807, 2.05) is 0 Å². The largest absolute Gasteiger partial charge is 0.469 e. The van der Waals surface area contributed by atoms with E-state index in [4.69, 9.17) is 0 Å². The summed E-state index contributed by atoms with van der Waals surface area (Å²) in [6, 6.07) is 1.77. The fourth-order valence-corrected chi connectivity index (χ4v) is 2.31.